The lowest BCUT2D eigenvalue weighted by molar-refractivity contribution is 0.102. The van der Waals surface area contributed by atoms with Gasteiger partial charge in [-0.05, 0) is 42.3 Å². The van der Waals surface area contributed by atoms with Gasteiger partial charge in [0, 0.05) is 11.1 Å². The summed E-state index contributed by atoms with van der Waals surface area (Å²) in [5.41, 5.74) is 3.52. The van der Waals surface area contributed by atoms with E-state index in [2.05, 4.69) is 20.4 Å². The van der Waals surface area contributed by atoms with Crippen LogP contribution in [0.2, 0.25) is 0 Å². The molecule has 4 aromatic rings. The molecule has 2 N–H and O–H groups in total. The third kappa shape index (κ3) is 3.74. The smallest absolute Gasteiger partial charge is 0.274 e. The van der Waals surface area contributed by atoms with Crippen molar-refractivity contribution in [2.75, 3.05) is 5.32 Å². The first-order valence-corrected chi connectivity index (χ1v) is 8.88. The summed E-state index contributed by atoms with van der Waals surface area (Å²) in [6.07, 6.45) is 2.26. The number of nitrogens with zero attached hydrogens (tertiary/aromatic N) is 4. The van der Waals surface area contributed by atoms with Crippen molar-refractivity contribution in [2.24, 2.45) is 0 Å². The third-order valence-corrected chi connectivity index (χ3v) is 4.54. The Balaban J connectivity index is 1.47. The zero-order chi connectivity index (χ0) is 19.5. The van der Waals surface area contributed by atoms with E-state index in [9.17, 15) is 9.90 Å². The van der Waals surface area contributed by atoms with Crippen LogP contribution in [0.1, 0.15) is 27.7 Å². The molecule has 0 bridgehead atoms. The van der Waals surface area contributed by atoms with Crippen molar-refractivity contribution in [2.45, 2.75) is 19.6 Å². The summed E-state index contributed by atoms with van der Waals surface area (Å²) < 4.78 is 1.56. The molecule has 7 nitrogen and oxygen atoms in total. The average Bonchev–Trinajstić information content (AvgIpc) is 3.21. The minimum atomic E-state index is -0.712. The van der Waals surface area contributed by atoms with Crippen molar-refractivity contribution in [3.8, 4) is 0 Å². The molecule has 28 heavy (non-hydrogen) atoms. The van der Waals surface area contributed by atoms with Crippen LogP contribution in [0.5, 0.6) is 0 Å². The van der Waals surface area contributed by atoms with E-state index in [0.29, 0.717) is 17.9 Å². The van der Waals surface area contributed by atoms with Crippen molar-refractivity contribution < 1.29 is 9.90 Å². The van der Waals surface area contributed by atoms with Gasteiger partial charge in [0.05, 0.1) is 18.2 Å². The van der Waals surface area contributed by atoms with Crippen molar-refractivity contribution in [3.63, 3.8) is 0 Å². The van der Waals surface area contributed by atoms with Crippen LogP contribution in [0.15, 0.2) is 67.3 Å². The van der Waals surface area contributed by atoms with Crippen molar-refractivity contribution in [1.29, 1.82) is 0 Å². The van der Waals surface area contributed by atoms with Crippen LogP contribution in [0.25, 0.3) is 10.9 Å². The minimum Gasteiger partial charge on any atom is -0.386 e. The highest BCUT2D eigenvalue weighted by molar-refractivity contribution is 6.04. The number of anilines is 1. The summed E-state index contributed by atoms with van der Waals surface area (Å²) in [6, 6.07) is 16.6. The number of aryl methyl sites for hydroxylation is 1. The normalized spacial score (nSPS) is 12.1. The van der Waals surface area contributed by atoms with Crippen LogP contribution in [0.4, 0.5) is 5.69 Å². The Kier molecular flexibility index (Phi) is 4.82. The predicted molar refractivity (Wildman–Crippen MR) is 106 cm³/mol. The maximum absolute atomic E-state index is 12.6. The average molecular weight is 373 g/mol. The first kappa shape index (κ1) is 17.8. The van der Waals surface area contributed by atoms with Crippen molar-refractivity contribution in [1.82, 2.24) is 19.7 Å². The van der Waals surface area contributed by atoms with Gasteiger partial charge in [0.2, 0.25) is 0 Å². The molecule has 0 aliphatic rings. The number of aliphatic hydroxyl groups is 1. The summed E-state index contributed by atoms with van der Waals surface area (Å²) in [5, 5.41) is 18.2. The number of carbonyl (C=O) groups is 1. The van der Waals surface area contributed by atoms with Gasteiger partial charge in [0.25, 0.3) is 5.91 Å². The van der Waals surface area contributed by atoms with E-state index in [1.807, 2.05) is 31.2 Å². The summed E-state index contributed by atoms with van der Waals surface area (Å²) in [7, 11) is 0. The number of aliphatic hydroxyl groups excluding tert-OH is 1. The largest absolute Gasteiger partial charge is 0.386 e. The zero-order valence-corrected chi connectivity index (χ0v) is 15.3. The number of aromatic nitrogens is 4. The van der Waals surface area contributed by atoms with E-state index in [-0.39, 0.29) is 5.91 Å². The first-order chi connectivity index (χ1) is 13.6. The molecule has 4 rings (SSSR count). The van der Waals surface area contributed by atoms with E-state index in [4.69, 9.17) is 0 Å². The lowest BCUT2D eigenvalue weighted by Crippen LogP contribution is -2.14. The molecular formula is C21H19N5O2. The molecule has 0 radical (unpaired) electrons. The summed E-state index contributed by atoms with van der Waals surface area (Å²) in [6.45, 7) is 2.28. The number of para-hydroxylation sites is 1. The number of fused-ring (bicyclic) bond motifs is 1. The van der Waals surface area contributed by atoms with E-state index >= 15 is 0 Å². The topological polar surface area (TPSA) is 92.9 Å². The highest BCUT2D eigenvalue weighted by Gasteiger charge is 2.12. The molecular weight excluding hydrogens is 354 g/mol. The Labute approximate surface area is 161 Å². The lowest BCUT2D eigenvalue weighted by atomic mass is 10.1. The second-order valence-electron chi connectivity index (χ2n) is 6.55. The second-order valence-corrected chi connectivity index (χ2v) is 6.55. The van der Waals surface area contributed by atoms with Gasteiger partial charge in [0.15, 0.2) is 0 Å². The quantitative estimate of drug-likeness (QED) is 0.561. The second kappa shape index (κ2) is 7.58. The van der Waals surface area contributed by atoms with Gasteiger partial charge >= 0.3 is 0 Å². The van der Waals surface area contributed by atoms with Gasteiger partial charge in [-0.3, -0.25) is 9.48 Å². The molecule has 0 unspecified atom stereocenters. The standard InChI is InChI=1S/C21H19N5O2/c1-14-10-19(25-18-5-3-2-4-17(14)18)21(28)24-16-8-6-15(7-9-16)20(27)11-26-13-22-12-23-26/h2-10,12-13,20,27H,11H2,1H3,(H,24,28)/t20-/m1/s1. The minimum absolute atomic E-state index is 0.273. The monoisotopic (exact) mass is 373 g/mol. The Morgan fingerprint density at radius 1 is 1.18 bits per heavy atom. The van der Waals surface area contributed by atoms with Gasteiger partial charge < -0.3 is 10.4 Å². The van der Waals surface area contributed by atoms with E-state index in [1.165, 1.54) is 6.33 Å². The van der Waals surface area contributed by atoms with Crippen LogP contribution in [-0.2, 0) is 6.54 Å². The number of nitrogens with one attached hydrogen (secondary N) is 1. The number of hydrogen-bond donors (Lipinski definition) is 2. The fraction of sp³-hybridized carbons (Fsp3) is 0.143. The number of benzene rings is 2. The highest BCUT2D eigenvalue weighted by Crippen LogP contribution is 2.20. The fourth-order valence-corrected chi connectivity index (χ4v) is 3.06. The molecule has 1 atom stereocenters. The van der Waals surface area contributed by atoms with E-state index < -0.39 is 6.10 Å². The Bertz CT molecular complexity index is 1110. The Morgan fingerprint density at radius 2 is 1.96 bits per heavy atom. The maximum atomic E-state index is 12.6. The third-order valence-electron chi connectivity index (χ3n) is 4.54. The summed E-state index contributed by atoms with van der Waals surface area (Å²) >= 11 is 0. The van der Waals surface area contributed by atoms with Gasteiger partial charge in [-0.2, -0.15) is 5.10 Å². The van der Waals surface area contributed by atoms with Gasteiger partial charge in [0.1, 0.15) is 18.3 Å². The number of hydrogen-bond acceptors (Lipinski definition) is 5. The number of pyridine rings is 1. The Morgan fingerprint density at radius 3 is 2.71 bits per heavy atom. The summed E-state index contributed by atoms with van der Waals surface area (Å²) in [5.74, 6) is -0.273. The lowest BCUT2D eigenvalue weighted by Gasteiger charge is -2.12. The molecule has 140 valence electrons. The molecule has 1 amide bonds. The fourth-order valence-electron chi connectivity index (χ4n) is 3.06. The first-order valence-electron chi connectivity index (χ1n) is 8.88. The number of rotatable bonds is 5. The van der Waals surface area contributed by atoms with Gasteiger partial charge in [-0.15, -0.1) is 0 Å². The molecule has 0 aliphatic carbocycles. The molecule has 0 saturated carbocycles. The van der Waals surface area contributed by atoms with Crippen molar-refractivity contribution >= 4 is 22.5 Å². The molecule has 2 aromatic heterocycles. The number of carbonyl (C=O) groups excluding carboxylic acids is 1. The maximum Gasteiger partial charge on any atom is 0.274 e. The molecule has 0 saturated heterocycles. The molecule has 7 heteroatoms. The van der Waals surface area contributed by atoms with Crippen LogP contribution >= 0.6 is 0 Å². The van der Waals surface area contributed by atoms with Gasteiger partial charge in [-0.25, -0.2) is 9.97 Å². The van der Waals surface area contributed by atoms with E-state index in [0.717, 1.165) is 22.0 Å². The van der Waals surface area contributed by atoms with Gasteiger partial charge in [-0.1, -0.05) is 30.3 Å². The molecule has 2 heterocycles. The molecule has 2 aromatic carbocycles. The predicted octanol–water partition coefficient (Wildman–Crippen LogP) is 3.12. The zero-order valence-electron chi connectivity index (χ0n) is 15.3. The molecule has 0 spiro atoms. The number of amides is 1. The van der Waals surface area contributed by atoms with Crippen LogP contribution in [0, 0.1) is 6.92 Å². The molecule has 0 aliphatic heterocycles. The van der Waals surface area contributed by atoms with Crippen LogP contribution in [0.3, 0.4) is 0 Å². The van der Waals surface area contributed by atoms with Crippen molar-refractivity contribution in [3.05, 3.63) is 84.1 Å². The SMILES string of the molecule is Cc1cc(C(=O)Nc2ccc([C@H](O)Cn3cncn3)cc2)nc2ccccc12. The van der Waals surface area contributed by atoms with Crippen LogP contribution < -0.4 is 5.32 Å². The Hall–Kier alpha value is -3.58. The van der Waals surface area contributed by atoms with E-state index in [1.54, 1.807) is 41.3 Å². The van der Waals surface area contributed by atoms with Crippen LogP contribution in [-0.4, -0.2) is 30.8 Å². The summed E-state index contributed by atoms with van der Waals surface area (Å²) in [4.78, 5) is 20.9. The highest BCUT2D eigenvalue weighted by atomic mass is 16.3. The molecule has 0 fully saturated rings.